The van der Waals surface area contributed by atoms with Gasteiger partial charge in [-0.3, -0.25) is 14.4 Å². The second-order valence-corrected chi connectivity index (χ2v) is 23.0. The van der Waals surface area contributed by atoms with Crippen LogP contribution in [0.3, 0.4) is 0 Å². The maximum absolute atomic E-state index is 13.0. The topological polar surface area (TPSA) is 78.9 Å². The summed E-state index contributed by atoms with van der Waals surface area (Å²) in [5.41, 5.74) is 0. The number of rotatable bonds is 63. The molecule has 474 valence electrons. The SMILES string of the molecule is CC/C=C\C/C=C\C/C=C\C/C=C\CCCCCCCCCCCCCCCCC(=O)OCC(COC(=O)CCCCCCC/C=C\C/C=C\C/C=C\CC)OC(=O)CCCCCCCCCC/C=C\C/C=C\C/C=C\CCCCCCC. The van der Waals surface area contributed by atoms with E-state index >= 15 is 0 Å². The summed E-state index contributed by atoms with van der Waals surface area (Å²) < 4.78 is 17.0. The number of allylic oxidation sites excluding steroid dienone is 20. The molecule has 0 N–H and O–H groups in total. The van der Waals surface area contributed by atoms with Crippen molar-refractivity contribution in [3.8, 4) is 0 Å². The Bertz CT molecular complexity index is 1700. The van der Waals surface area contributed by atoms with Crippen LogP contribution in [0.4, 0.5) is 0 Å². The maximum atomic E-state index is 13.0. The summed E-state index contributed by atoms with van der Waals surface area (Å²) in [6.07, 6.45) is 97.9. The quantitative estimate of drug-likeness (QED) is 0.0261. The molecule has 0 radical (unpaired) electrons. The highest BCUT2D eigenvalue weighted by atomic mass is 16.6. The van der Waals surface area contributed by atoms with Crippen LogP contribution in [-0.2, 0) is 28.6 Å². The predicted octanol–water partition coefficient (Wildman–Crippen LogP) is 24.3. The van der Waals surface area contributed by atoms with Gasteiger partial charge in [0.25, 0.3) is 0 Å². The predicted molar refractivity (Wildman–Crippen MR) is 362 cm³/mol. The smallest absolute Gasteiger partial charge is 0.306 e. The van der Waals surface area contributed by atoms with Gasteiger partial charge in [-0.1, -0.05) is 303 Å². The minimum atomic E-state index is -0.794. The molecule has 0 spiro atoms. The molecule has 0 bridgehead atoms. The minimum absolute atomic E-state index is 0.0877. The van der Waals surface area contributed by atoms with Crippen LogP contribution >= 0.6 is 0 Å². The molecule has 0 aromatic rings. The van der Waals surface area contributed by atoms with Gasteiger partial charge in [-0.05, 0) is 128 Å². The fourth-order valence-corrected chi connectivity index (χ4v) is 9.75. The van der Waals surface area contributed by atoms with Crippen molar-refractivity contribution in [2.75, 3.05) is 13.2 Å². The van der Waals surface area contributed by atoms with E-state index in [4.69, 9.17) is 14.2 Å². The van der Waals surface area contributed by atoms with Gasteiger partial charge in [0, 0.05) is 19.3 Å². The lowest BCUT2D eigenvalue weighted by molar-refractivity contribution is -0.167. The van der Waals surface area contributed by atoms with Gasteiger partial charge in [-0.2, -0.15) is 0 Å². The number of carbonyl (C=O) groups excluding carboxylic acids is 3. The van der Waals surface area contributed by atoms with Gasteiger partial charge < -0.3 is 14.2 Å². The van der Waals surface area contributed by atoms with E-state index in [1.54, 1.807) is 0 Å². The Labute approximate surface area is 513 Å². The summed E-state index contributed by atoms with van der Waals surface area (Å²) in [5.74, 6) is -0.902. The van der Waals surface area contributed by atoms with E-state index in [1.807, 2.05) is 0 Å². The molecular weight excluding hydrogens is 1020 g/mol. The molecule has 0 heterocycles. The van der Waals surface area contributed by atoms with Gasteiger partial charge in [0.1, 0.15) is 13.2 Å². The van der Waals surface area contributed by atoms with Crippen LogP contribution in [0, 0.1) is 0 Å². The van der Waals surface area contributed by atoms with E-state index in [0.29, 0.717) is 19.3 Å². The average molecular weight is 1150 g/mol. The van der Waals surface area contributed by atoms with Gasteiger partial charge >= 0.3 is 17.9 Å². The lowest BCUT2D eigenvalue weighted by Gasteiger charge is -2.18. The first-order chi connectivity index (χ1) is 41.0. The van der Waals surface area contributed by atoms with Crippen LogP contribution in [-0.4, -0.2) is 37.2 Å². The van der Waals surface area contributed by atoms with E-state index in [0.717, 1.165) is 141 Å². The van der Waals surface area contributed by atoms with Crippen molar-refractivity contribution < 1.29 is 28.6 Å². The minimum Gasteiger partial charge on any atom is -0.462 e. The highest BCUT2D eigenvalue weighted by Gasteiger charge is 2.19. The fourth-order valence-electron chi connectivity index (χ4n) is 9.75. The first-order valence-corrected chi connectivity index (χ1v) is 35.0. The van der Waals surface area contributed by atoms with Gasteiger partial charge in [0.05, 0.1) is 0 Å². The van der Waals surface area contributed by atoms with Crippen LogP contribution in [0.2, 0.25) is 0 Å². The molecule has 1 unspecified atom stereocenters. The van der Waals surface area contributed by atoms with Crippen LogP contribution in [0.15, 0.2) is 122 Å². The van der Waals surface area contributed by atoms with Gasteiger partial charge in [0.15, 0.2) is 6.10 Å². The number of hydrogen-bond donors (Lipinski definition) is 0. The highest BCUT2D eigenvalue weighted by Crippen LogP contribution is 2.17. The van der Waals surface area contributed by atoms with E-state index in [2.05, 4.69) is 142 Å². The molecule has 1 atom stereocenters. The lowest BCUT2D eigenvalue weighted by atomic mass is 10.0. The normalized spacial score (nSPS) is 12.9. The Morgan fingerprint density at radius 3 is 0.735 bits per heavy atom. The first-order valence-electron chi connectivity index (χ1n) is 35.0. The molecule has 6 heteroatoms. The maximum Gasteiger partial charge on any atom is 0.306 e. The number of ether oxygens (including phenoxy) is 3. The summed E-state index contributed by atoms with van der Waals surface area (Å²) in [6, 6.07) is 0. The second kappa shape index (κ2) is 70.3. The number of carbonyl (C=O) groups is 3. The molecule has 0 aliphatic rings. The highest BCUT2D eigenvalue weighted by molar-refractivity contribution is 5.71. The van der Waals surface area contributed by atoms with Crippen molar-refractivity contribution in [2.24, 2.45) is 0 Å². The van der Waals surface area contributed by atoms with E-state index in [1.165, 1.54) is 148 Å². The molecule has 0 rings (SSSR count). The Balaban J connectivity index is 4.34. The fraction of sp³-hybridized carbons (Fsp3) is 0.701. The van der Waals surface area contributed by atoms with E-state index in [9.17, 15) is 14.4 Å². The van der Waals surface area contributed by atoms with E-state index < -0.39 is 6.10 Å². The van der Waals surface area contributed by atoms with Crippen molar-refractivity contribution in [3.05, 3.63) is 122 Å². The van der Waals surface area contributed by atoms with Crippen molar-refractivity contribution >= 4 is 17.9 Å². The van der Waals surface area contributed by atoms with Crippen molar-refractivity contribution in [3.63, 3.8) is 0 Å². The van der Waals surface area contributed by atoms with Crippen LogP contribution in [0.1, 0.15) is 329 Å². The van der Waals surface area contributed by atoms with Crippen LogP contribution in [0.25, 0.3) is 0 Å². The third-order valence-electron chi connectivity index (χ3n) is 14.9. The molecule has 0 aromatic carbocycles. The largest absolute Gasteiger partial charge is 0.462 e. The average Bonchev–Trinajstić information content (AvgIpc) is 3.49. The zero-order valence-corrected chi connectivity index (χ0v) is 54.4. The third-order valence-corrected chi connectivity index (χ3v) is 14.9. The molecule has 83 heavy (non-hydrogen) atoms. The molecule has 0 saturated heterocycles. The number of esters is 3. The molecule has 0 fully saturated rings. The lowest BCUT2D eigenvalue weighted by Crippen LogP contribution is -2.30. The molecule has 6 nitrogen and oxygen atoms in total. The van der Waals surface area contributed by atoms with Crippen molar-refractivity contribution in [1.82, 2.24) is 0 Å². The Hall–Kier alpha value is -4.19. The standard InChI is InChI=1S/C77H130O6/c1-4-7-10-13-16-19-22-25-28-30-32-34-36-37-38-39-41-42-44-46-49-52-55-58-61-64-67-70-76(79)82-73-74(72-81-75(78)69-66-63-60-57-54-51-48-27-24-21-18-15-12-9-6-3)83-77(80)71-68-65-62-59-56-53-50-47-45-43-40-35-33-31-29-26-23-20-17-14-11-8-5-2/h7,9-10,12,16,18-19,21,23,25-28,31-34,40,43,48,74H,4-6,8,11,13-15,17,20,22,24,29-30,35-39,41-42,44-47,49-73H2,1-3H3/b10-7-,12-9-,19-16-,21-18-,26-23-,28-25-,33-31-,34-32-,43-40-,48-27-. The number of unbranched alkanes of at least 4 members (excludes halogenated alkanes) is 32. The summed E-state index contributed by atoms with van der Waals surface area (Å²) in [7, 11) is 0. The molecule has 0 aromatic heterocycles. The Morgan fingerprint density at radius 2 is 0.470 bits per heavy atom. The molecule has 0 aliphatic carbocycles. The summed E-state index contributed by atoms with van der Waals surface area (Å²) in [5, 5.41) is 0. The molecule has 0 aliphatic heterocycles. The first kappa shape index (κ1) is 78.8. The third kappa shape index (κ3) is 68.5. The van der Waals surface area contributed by atoms with Gasteiger partial charge in [-0.15, -0.1) is 0 Å². The zero-order chi connectivity index (χ0) is 59.9. The zero-order valence-electron chi connectivity index (χ0n) is 54.4. The summed E-state index contributed by atoms with van der Waals surface area (Å²) in [4.78, 5) is 38.5. The summed E-state index contributed by atoms with van der Waals surface area (Å²) in [6.45, 7) is 6.41. The Morgan fingerprint density at radius 1 is 0.253 bits per heavy atom. The molecule has 0 saturated carbocycles. The summed E-state index contributed by atoms with van der Waals surface area (Å²) >= 11 is 0. The van der Waals surface area contributed by atoms with Crippen LogP contribution in [0.5, 0.6) is 0 Å². The Kier molecular flexibility index (Phi) is 66.7. The van der Waals surface area contributed by atoms with Crippen LogP contribution < -0.4 is 0 Å². The van der Waals surface area contributed by atoms with Crippen molar-refractivity contribution in [1.29, 1.82) is 0 Å². The van der Waals surface area contributed by atoms with Crippen molar-refractivity contribution in [2.45, 2.75) is 335 Å². The number of hydrogen-bond acceptors (Lipinski definition) is 6. The molecule has 0 amide bonds. The van der Waals surface area contributed by atoms with Gasteiger partial charge in [0.2, 0.25) is 0 Å². The van der Waals surface area contributed by atoms with Gasteiger partial charge in [-0.25, -0.2) is 0 Å². The second-order valence-electron chi connectivity index (χ2n) is 23.0. The monoisotopic (exact) mass is 1150 g/mol. The van der Waals surface area contributed by atoms with E-state index in [-0.39, 0.29) is 31.1 Å². The molecular formula is C77H130O6.